The van der Waals surface area contributed by atoms with E-state index in [2.05, 4.69) is 4.98 Å². The molecule has 0 radical (unpaired) electrons. The number of carbonyl (C=O) groups is 1. The number of hydrogen-bond donors (Lipinski definition) is 0. The highest BCUT2D eigenvalue weighted by Crippen LogP contribution is 2.21. The monoisotopic (exact) mass is 295 g/mol. The minimum absolute atomic E-state index is 0.175. The molecule has 114 valence electrons. The molecule has 4 heteroatoms. The van der Waals surface area contributed by atoms with E-state index in [0.29, 0.717) is 5.92 Å². The second kappa shape index (κ2) is 6.69. The van der Waals surface area contributed by atoms with Crippen LogP contribution in [-0.4, -0.2) is 33.9 Å². The highest BCUT2D eigenvalue weighted by atomic mass is 16.2. The summed E-state index contributed by atoms with van der Waals surface area (Å²) in [4.78, 5) is 22.6. The van der Waals surface area contributed by atoms with E-state index in [0.717, 1.165) is 49.3 Å². The van der Waals surface area contributed by atoms with Gasteiger partial charge in [0, 0.05) is 31.8 Å². The van der Waals surface area contributed by atoms with Gasteiger partial charge in [0.25, 0.3) is 0 Å². The maximum atomic E-state index is 11.5. The van der Waals surface area contributed by atoms with Crippen molar-refractivity contribution in [3.8, 4) is 11.3 Å². The molecule has 0 saturated carbocycles. The zero-order valence-electron chi connectivity index (χ0n) is 12.9. The van der Waals surface area contributed by atoms with Gasteiger partial charge in [-0.25, -0.2) is 4.98 Å². The first-order chi connectivity index (χ1) is 10.7. The minimum Gasteiger partial charge on any atom is -0.343 e. The van der Waals surface area contributed by atoms with Crippen LogP contribution in [0.1, 0.15) is 25.5 Å². The quantitative estimate of drug-likeness (QED) is 0.874. The Morgan fingerprint density at radius 3 is 2.86 bits per heavy atom. The first-order valence-corrected chi connectivity index (χ1v) is 7.84. The van der Waals surface area contributed by atoms with Crippen LogP contribution in [0.5, 0.6) is 0 Å². The molecule has 1 atom stereocenters. The zero-order valence-corrected chi connectivity index (χ0v) is 12.9. The van der Waals surface area contributed by atoms with Gasteiger partial charge in [0.15, 0.2) is 0 Å². The standard InChI is InChI=1S/C18H21N3O/c1-14(22)21-9-5-6-15(13-21)10-17-11-19-12-18(20-17)16-7-3-2-4-8-16/h2-4,7-8,11-12,15H,5-6,9-10,13H2,1H3/t15-/m1/s1. The van der Waals surface area contributed by atoms with Crippen LogP contribution in [0.3, 0.4) is 0 Å². The number of hydrogen-bond acceptors (Lipinski definition) is 3. The Kier molecular flexibility index (Phi) is 4.47. The third kappa shape index (κ3) is 3.50. The smallest absolute Gasteiger partial charge is 0.219 e. The van der Waals surface area contributed by atoms with Crippen molar-refractivity contribution >= 4 is 5.91 Å². The number of benzene rings is 1. The lowest BCUT2D eigenvalue weighted by molar-refractivity contribution is -0.130. The second-order valence-corrected chi connectivity index (χ2v) is 5.94. The first-order valence-electron chi connectivity index (χ1n) is 7.84. The van der Waals surface area contributed by atoms with Gasteiger partial charge in [0.1, 0.15) is 0 Å². The fraction of sp³-hybridized carbons (Fsp3) is 0.389. The van der Waals surface area contributed by atoms with E-state index in [9.17, 15) is 4.79 Å². The predicted octanol–water partition coefficient (Wildman–Crippen LogP) is 2.94. The Morgan fingerprint density at radius 2 is 2.09 bits per heavy atom. The molecule has 1 saturated heterocycles. The van der Waals surface area contributed by atoms with E-state index in [-0.39, 0.29) is 5.91 Å². The van der Waals surface area contributed by atoms with Gasteiger partial charge in [-0.1, -0.05) is 30.3 Å². The van der Waals surface area contributed by atoms with Crippen LogP contribution in [0.25, 0.3) is 11.3 Å². The van der Waals surface area contributed by atoms with Gasteiger partial charge >= 0.3 is 0 Å². The number of rotatable bonds is 3. The second-order valence-electron chi connectivity index (χ2n) is 5.94. The van der Waals surface area contributed by atoms with E-state index in [1.54, 1.807) is 6.92 Å². The number of likely N-dealkylation sites (tertiary alicyclic amines) is 1. The molecule has 1 amide bonds. The van der Waals surface area contributed by atoms with Crippen molar-refractivity contribution in [2.75, 3.05) is 13.1 Å². The summed E-state index contributed by atoms with van der Waals surface area (Å²) in [6, 6.07) is 10.1. The largest absolute Gasteiger partial charge is 0.343 e. The molecule has 1 aromatic carbocycles. The Bertz CT molecular complexity index is 642. The Morgan fingerprint density at radius 1 is 1.27 bits per heavy atom. The molecule has 0 spiro atoms. The van der Waals surface area contributed by atoms with Gasteiger partial charge in [-0.15, -0.1) is 0 Å². The first kappa shape index (κ1) is 14.7. The van der Waals surface area contributed by atoms with Crippen molar-refractivity contribution in [2.45, 2.75) is 26.2 Å². The predicted molar refractivity (Wildman–Crippen MR) is 86.2 cm³/mol. The Labute approximate surface area is 131 Å². The average Bonchev–Trinajstić information content (AvgIpc) is 2.56. The molecular weight excluding hydrogens is 274 g/mol. The van der Waals surface area contributed by atoms with E-state index in [4.69, 9.17) is 4.98 Å². The molecule has 22 heavy (non-hydrogen) atoms. The molecule has 4 nitrogen and oxygen atoms in total. The maximum absolute atomic E-state index is 11.5. The van der Waals surface area contributed by atoms with Crippen molar-refractivity contribution in [3.05, 3.63) is 48.4 Å². The van der Waals surface area contributed by atoms with E-state index < -0.39 is 0 Å². The zero-order chi connectivity index (χ0) is 15.4. The van der Waals surface area contributed by atoms with Crippen LogP contribution in [0.4, 0.5) is 0 Å². The Hall–Kier alpha value is -2.23. The summed E-state index contributed by atoms with van der Waals surface area (Å²) < 4.78 is 0. The summed E-state index contributed by atoms with van der Waals surface area (Å²) in [6.07, 6.45) is 6.77. The lowest BCUT2D eigenvalue weighted by Crippen LogP contribution is -2.39. The molecular formula is C18H21N3O. The van der Waals surface area contributed by atoms with Crippen LogP contribution >= 0.6 is 0 Å². The molecule has 3 rings (SSSR count). The molecule has 2 aromatic rings. The summed E-state index contributed by atoms with van der Waals surface area (Å²) in [5.74, 6) is 0.659. The van der Waals surface area contributed by atoms with Crippen molar-refractivity contribution in [2.24, 2.45) is 5.92 Å². The van der Waals surface area contributed by atoms with Gasteiger partial charge in [-0.05, 0) is 25.2 Å². The molecule has 0 bridgehead atoms. The molecule has 0 N–H and O–H groups in total. The van der Waals surface area contributed by atoms with Crippen LogP contribution in [-0.2, 0) is 11.2 Å². The lowest BCUT2D eigenvalue weighted by atomic mass is 9.93. The summed E-state index contributed by atoms with van der Waals surface area (Å²) in [5.41, 5.74) is 3.01. The fourth-order valence-corrected chi connectivity index (χ4v) is 3.07. The third-order valence-electron chi connectivity index (χ3n) is 4.22. The van der Waals surface area contributed by atoms with Gasteiger partial charge < -0.3 is 4.90 Å². The van der Waals surface area contributed by atoms with Gasteiger partial charge in [0.05, 0.1) is 17.6 Å². The minimum atomic E-state index is 0.175. The highest BCUT2D eigenvalue weighted by molar-refractivity contribution is 5.73. The molecule has 1 fully saturated rings. The van der Waals surface area contributed by atoms with Gasteiger partial charge in [-0.3, -0.25) is 9.78 Å². The lowest BCUT2D eigenvalue weighted by Gasteiger charge is -2.31. The maximum Gasteiger partial charge on any atom is 0.219 e. The third-order valence-corrected chi connectivity index (χ3v) is 4.22. The summed E-state index contributed by atoms with van der Waals surface area (Å²) in [5, 5.41) is 0. The molecule has 1 aromatic heterocycles. The number of piperidine rings is 1. The summed E-state index contributed by atoms with van der Waals surface area (Å²) >= 11 is 0. The molecule has 2 heterocycles. The fourth-order valence-electron chi connectivity index (χ4n) is 3.07. The number of aromatic nitrogens is 2. The van der Waals surface area contributed by atoms with E-state index >= 15 is 0 Å². The van der Waals surface area contributed by atoms with Crippen molar-refractivity contribution in [1.82, 2.24) is 14.9 Å². The normalized spacial score (nSPS) is 18.2. The molecule has 1 aliphatic heterocycles. The van der Waals surface area contributed by atoms with E-state index in [1.807, 2.05) is 47.6 Å². The number of carbonyl (C=O) groups excluding carboxylic acids is 1. The average molecular weight is 295 g/mol. The van der Waals surface area contributed by atoms with Crippen LogP contribution < -0.4 is 0 Å². The number of nitrogens with zero attached hydrogens (tertiary/aromatic N) is 3. The Balaban J connectivity index is 1.72. The SMILES string of the molecule is CC(=O)N1CCC[C@H](Cc2cncc(-c3ccccc3)n2)C1. The van der Waals surface area contributed by atoms with Crippen molar-refractivity contribution < 1.29 is 4.79 Å². The topological polar surface area (TPSA) is 46.1 Å². The summed E-state index contributed by atoms with van der Waals surface area (Å²) in [6.45, 7) is 3.38. The molecule has 1 aliphatic rings. The molecule has 0 aliphatic carbocycles. The van der Waals surface area contributed by atoms with Gasteiger partial charge in [0.2, 0.25) is 5.91 Å². The molecule has 0 unspecified atom stereocenters. The van der Waals surface area contributed by atoms with E-state index in [1.165, 1.54) is 0 Å². The van der Waals surface area contributed by atoms with Crippen LogP contribution in [0.2, 0.25) is 0 Å². The van der Waals surface area contributed by atoms with Crippen LogP contribution in [0, 0.1) is 5.92 Å². The highest BCUT2D eigenvalue weighted by Gasteiger charge is 2.22. The summed E-state index contributed by atoms with van der Waals surface area (Å²) in [7, 11) is 0. The van der Waals surface area contributed by atoms with Crippen molar-refractivity contribution in [3.63, 3.8) is 0 Å². The van der Waals surface area contributed by atoms with Gasteiger partial charge in [-0.2, -0.15) is 0 Å². The van der Waals surface area contributed by atoms with Crippen LogP contribution in [0.15, 0.2) is 42.7 Å². The number of amides is 1. The van der Waals surface area contributed by atoms with Crippen molar-refractivity contribution in [1.29, 1.82) is 0 Å².